The third kappa shape index (κ3) is 2.47. The van der Waals surface area contributed by atoms with Gasteiger partial charge in [0, 0.05) is 17.3 Å². The topological polar surface area (TPSA) is 12.0 Å². The first-order chi connectivity index (χ1) is 6.52. The van der Waals surface area contributed by atoms with Crippen molar-refractivity contribution in [2.24, 2.45) is 5.92 Å². The zero-order chi connectivity index (χ0) is 10.7. The molecule has 0 heterocycles. The molecule has 1 aromatic rings. The standard InChI is InChI=1S/C12H18FN/c1-8(2)10(4)14-12-7-5-6-11(13)9(12)3/h5-8,10,14H,1-4H3/t10-/m1/s1. The van der Waals surface area contributed by atoms with E-state index in [1.165, 1.54) is 6.07 Å². The maximum Gasteiger partial charge on any atom is 0.128 e. The van der Waals surface area contributed by atoms with Gasteiger partial charge in [0.15, 0.2) is 0 Å². The predicted octanol–water partition coefficient (Wildman–Crippen LogP) is 3.59. The van der Waals surface area contributed by atoms with Crippen molar-refractivity contribution in [2.45, 2.75) is 33.7 Å². The SMILES string of the molecule is Cc1c(F)cccc1N[C@H](C)C(C)C. The summed E-state index contributed by atoms with van der Waals surface area (Å²) in [7, 11) is 0. The predicted molar refractivity (Wildman–Crippen MR) is 59.1 cm³/mol. The second kappa shape index (κ2) is 4.45. The summed E-state index contributed by atoms with van der Waals surface area (Å²) in [5.74, 6) is 0.392. The van der Waals surface area contributed by atoms with Gasteiger partial charge in [-0.15, -0.1) is 0 Å². The minimum absolute atomic E-state index is 0.147. The van der Waals surface area contributed by atoms with Crippen molar-refractivity contribution in [3.8, 4) is 0 Å². The molecule has 0 aliphatic rings. The smallest absolute Gasteiger partial charge is 0.128 e. The summed E-state index contributed by atoms with van der Waals surface area (Å²) in [6.07, 6.45) is 0. The van der Waals surface area contributed by atoms with E-state index in [-0.39, 0.29) is 5.82 Å². The molecule has 0 amide bonds. The Morgan fingerprint density at radius 3 is 2.43 bits per heavy atom. The van der Waals surface area contributed by atoms with E-state index in [1.54, 1.807) is 13.0 Å². The third-order valence-corrected chi connectivity index (χ3v) is 2.65. The average Bonchev–Trinajstić information content (AvgIpc) is 2.12. The van der Waals surface area contributed by atoms with Gasteiger partial charge in [0.05, 0.1) is 0 Å². The highest BCUT2D eigenvalue weighted by Gasteiger charge is 2.09. The maximum atomic E-state index is 13.2. The van der Waals surface area contributed by atoms with Crippen LogP contribution >= 0.6 is 0 Å². The molecular formula is C12H18FN. The number of halogens is 1. The molecule has 0 saturated heterocycles. The first-order valence-electron chi connectivity index (χ1n) is 5.04. The van der Waals surface area contributed by atoms with Gasteiger partial charge in [-0.05, 0) is 31.9 Å². The molecule has 0 bridgehead atoms. The van der Waals surface area contributed by atoms with E-state index in [4.69, 9.17) is 0 Å². The maximum absolute atomic E-state index is 13.2. The van der Waals surface area contributed by atoms with Crippen LogP contribution in [0.3, 0.4) is 0 Å². The summed E-state index contributed by atoms with van der Waals surface area (Å²) in [6, 6.07) is 5.49. The highest BCUT2D eigenvalue weighted by atomic mass is 19.1. The molecular weight excluding hydrogens is 177 g/mol. The number of rotatable bonds is 3. The molecule has 0 aromatic heterocycles. The van der Waals surface area contributed by atoms with E-state index in [1.807, 2.05) is 6.07 Å². The Balaban J connectivity index is 2.82. The highest BCUT2D eigenvalue weighted by Crippen LogP contribution is 2.19. The Morgan fingerprint density at radius 2 is 1.86 bits per heavy atom. The quantitative estimate of drug-likeness (QED) is 0.777. The highest BCUT2D eigenvalue weighted by molar-refractivity contribution is 5.51. The van der Waals surface area contributed by atoms with Crippen LogP contribution in [0.1, 0.15) is 26.3 Å². The summed E-state index contributed by atoms with van der Waals surface area (Å²) < 4.78 is 13.2. The largest absolute Gasteiger partial charge is 0.382 e. The molecule has 0 saturated carbocycles. The summed E-state index contributed by atoms with van der Waals surface area (Å²) in [6.45, 7) is 8.19. The van der Waals surface area contributed by atoms with E-state index >= 15 is 0 Å². The molecule has 1 rings (SSSR count). The normalized spacial score (nSPS) is 13.0. The van der Waals surface area contributed by atoms with Gasteiger partial charge in [0.2, 0.25) is 0 Å². The van der Waals surface area contributed by atoms with Crippen molar-refractivity contribution in [2.75, 3.05) is 5.32 Å². The van der Waals surface area contributed by atoms with E-state index in [9.17, 15) is 4.39 Å². The van der Waals surface area contributed by atoms with Crippen molar-refractivity contribution in [3.63, 3.8) is 0 Å². The molecule has 0 unspecified atom stereocenters. The lowest BCUT2D eigenvalue weighted by Gasteiger charge is -2.20. The Hall–Kier alpha value is -1.05. The van der Waals surface area contributed by atoms with Gasteiger partial charge in [0.1, 0.15) is 5.82 Å². The van der Waals surface area contributed by atoms with Gasteiger partial charge >= 0.3 is 0 Å². The minimum Gasteiger partial charge on any atom is -0.382 e. The molecule has 1 atom stereocenters. The van der Waals surface area contributed by atoms with Gasteiger partial charge in [-0.3, -0.25) is 0 Å². The zero-order valence-corrected chi connectivity index (χ0v) is 9.26. The fourth-order valence-electron chi connectivity index (χ4n) is 1.18. The third-order valence-electron chi connectivity index (χ3n) is 2.65. The van der Waals surface area contributed by atoms with Crippen molar-refractivity contribution in [1.82, 2.24) is 0 Å². The summed E-state index contributed by atoms with van der Waals surface area (Å²) in [5, 5.41) is 3.31. The van der Waals surface area contributed by atoms with Gasteiger partial charge in [0.25, 0.3) is 0 Å². The Labute approximate surface area is 85.3 Å². The Morgan fingerprint density at radius 1 is 1.21 bits per heavy atom. The summed E-state index contributed by atoms with van der Waals surface area (Å²) in [5.41, 5.74) is 1.59. The van der Waals surface area contributed by atoms with Crippen LogP contribution in [0.4, 0.5) is 10.1 Å². The van der Waals surface area contributed by atoms with E-state index in [0.29, 0.717) is 17.5 Å². The van der Waals surface area contributed by atoms with E-state index in [0.717, 1.165) is 5.69 Å². The Bertz CT molecular complexity index is 307. The fraction of sp³-hybridized carbons (Fsp3) is 0.500. The van der Waals surface area contributed by atoms with Gasteiger partial charge in [-0.1, -0.05) is 19.9 Å². The van der Waals surface area contributed by atoms with E-state index < -0.39 is 0 Å². The summed E-state index contributed by atoms with van der Waals surface area (Å²) >= 11 is 0. The molecule has 78 valence electrons. The van der Waals surface area contributed by atoms with Crippen LogP contribution < -0.4 is 5.32 Å². The van der Waals surface area contributed by atoms with Crippen LogP contribution in [0.2, 0.25) is 0 Å². The fourth-order valence-corrected chi connectivity index (χ4v) is 1.18. The van der Waals surface area contributed by atoms with Crippen LogP contribution in [-0.4, -0.2) is 6.04 Å². The number of anilines is 1. The molecule has 1 N–H and O–H groups in total. The lowest BCUT2D eigenvalue weighted by atomic mass is 10.1. The Kier molecular flexibility index (Phi) is 3.50. The monoisotopic (exact) mass is 195 g/mol. The van der Waals surface area contributed by atoms with Gasteiger partial charge in [-0.25, -0.2) is 4.39 Å². The second-order valence-electron chi connectivity index (χ2n) is 4.09. The first kappa shape index (κ1) is 11.0. The van der Waals surface area contributed by atoms with Gasteiger partial charge < -0.3 is 5.32 Å². The van der Waals surface area contributed by atoms with Crippen molar-refractivity contribution >= 4 is 5.69 Å². The van der Waals surface area contributed by atoms with Crippen molar-refractivity contribution in [3.05, 3.63) is 29.6 Å². The molecule has 14 heavy (non-hydrogen) atoms. The lowest BCUT2D eigenvalue weighted by Crippen LogP contribution is -2.22. The van der Waals surface area contributed by atoms with Crippen LogP contribution in [0.15, 0.2) is 18.2 Å². The van der Waals surface area contributed by atoms with Crippen LogP contribution in [0.5, 0.6) is 0 Å². The molecule has 0 spiro atoms. The molecule has 0 radical (unpaired) electrons. The number of hydrogen-bond donors (Lipinski definition) is 1. The number of benzene rings is 1. The summed E-state index contributed by atoms with van der Waals surface area (Å²) in [4.78, 5) is 0. The van der Waals surface area contributed by atoms with E-state index in [2.05, 4.69) is 26.1 Å². The first-order valence-corrected chi connectivity index (χ1v) is 5.04. The zero-order valence-electron chi connectivity index (χ0n) is 9.26. The van der Waals surface area contributed by atoms with Gasteiger partial charge in [-0.2, -0.15) is 0 Å². The minimum atomic E-state index is -0.147. The molecule has 0 aliphatic heterocycles. The van der Waals surface area contributed by atoms with Crippen LogP contribution in [0.25, 0.3) is 0 Å². The molecule has 0 aliphatic carbocycles. The molecule has 2 heteroatoms. The number of hydrogen-bond acceptors (Lipinski definition) is 1. The molecule has 1 aromatic carbocycles. The second-order valence-corrected chi connectivity index (χ2v) is 4.09. The van der Waals surface area contributed by atoms with Crippen molar-refractivity contribution in [1.29, 1.82) is 0 Å². The lowest BCUT2D eigenvalue weighted by molar-refractivity contribution is 0.558. The molecule has 0 fully saturated rings. The molecule has 1 nitrogen and oxygen atoms in total. The van der Waals surface area contributed by atoms with Crippen molar-refractivity contribution < 1.29 is 4.39 Å². The number of nitrogens with one attached hydrogen (secondary N) is 1. The van der Waals surface area contributed by atoms with Crippen LogP contribution in [0, 0.1) is 18.7 Å². The van der Waals surface area contributed by atoms with Crippen LogP contribution in [-0.2, 0) is 0 Å². The average molecular weight is 195 g/mol.